The highest BCUT2D eigenvalue weighted by molar-refractivity contribution is 5.23. The number of aryl methyl sites for hydroxylation is 2. The van der Waals surface area contributed by atoms with E-state index in [4.69, 9.17) is 0 Å². The standard InChI is InChI=1S/C10H18FN3/c1-8-10(7-12-6-4-5-11)9(2)14(3)13-8/h12H,4-7H2,1-3H3. The van der Waals surface area contributed by atoms with Crippen LogP contribution in [0.4, 0.5) is 4.39 Å². The highest BCUT2D eigenvalue weighted by Gasteiger charge is 2.07. The Morgan fingerprint density at radius 2 is 2.14 bits per heavy atom. The molecule has 14 heavy (non-hydrogen) atoms. The van der Waals surface area contributed by atoms with E-state index in [-0.39, 0.29) is 6.67 Å². The summed E-state index contributed by atoms with van der Waals surface area (Å²) < 4.78 is 13.7. The maximum atomic E-state index is 11.8. The highest BCUT2D eigenvalue weighted by Crippen LogP contribution is 2.10. The molecule has 1 N–H and O–H groups in total. The lowest BCUT2D eigenvalue weighted by molar-refractivity contribution is 0.459. The van der Waals surface area contributed by atoms with Crippen molar-refractivity contribution < 1.29 is 4.39 Å². The monoisotopic (exact) mass is 199 g/mol. The first-order valence-electron chi connectivity index (χ1n) is 4.92. The summed E-state index contributed by atoms with van der Waals surface area (Å²) in [6, 6.07) is 0. The summed E-state index contributed by atoms with van der Waals surface area (Å²) >= 11 is 0. The molecule has 0 aliphatic carbocycles. The van der Waals surface area contributed by atoms with E-state index in [2.05, 4.69) is 10.4 Å². The molecule has 4 heteroatoms. The van der Waals surface area contributed by atoms with E-state index < -0.39 is 0 Å². The summed E-state index contributed by atoms with van der Waals surface area (Å²) in [5.41, 5.74) is 3.46. The summed E-state index contributed by atoms with van der Waals surface area (Å²) in [4.78, 5) is 0. The molecule has 0 fully saturated rings. The van der Waals surface area contributed by atoms with Crippen LogP contribution in [0.5, 0.6) is 0 Å². The third-order valence-corrected chi connectivity index (χ3v) is 2.45. The number of halogens is 1. The maximum absolute atomic E-state index is 11.8. The zero-order chi connectivity index (χ0) is 10.6. The van der Waals surface area contributed by atoms with Crippen molar-refractivity contribution >= 4 is 0 Å². The molecule has 1 rings (SSSR count). The normalized spacial score (nSPS) is 10.9. The third-order valence-electron chi connectivity index (χ3n) is 2.45. The van der Waals surface area contributed by atoms with Crippen LogP contribution in [0.2, 0.25) is 0 Å². The molecule has 1 heterocycles. The smallest absolute Gasteiger partial charge is 0.0906 e. The van der Waals surface area contributed by atoms with Crippen molar-refractivity contribution in [2.75, 3.05) is 13.2 Å². The van der Waals surface area contributed by atoms with Gasteiger partial charge in [-0.05, 0) is 26.8 Å². The molecule has 0 atom stereocenters. The molecule has 0 unspecified atom stereocenters. The summed E-state index contributed by atoms with van der Waals surface area (Å²) in [6.45, 7) is 5.30. The van der Waals surface area contributed by atoms with Crippen molar-refractivity contribution in [3.63, 3.8) is 0 Å². The van der Waals surface area contributed by atoms with Gasteiger partial charge in [0.15, 0.2) is 0 Å². The molecule has 1 aromatic heterocycles. The van der Waals surface area contributed by atoms with Crippen LogP contribution in [0.3, 0.4) is 0 Å². The van der Waals surface area contributed by atoms with E-state index >= 15 is 0 Å². The lowest BCUT2D eigenvalue weighted by atomic mass is 10.2. The van der Waals surface area contributed by atoms with Crippen molar-refractivity contribution in [1.29, 1.82) is 0 Å². The average Bonchev–Trinajstić information content (AvgIpc) is 2.38. The van der Waals surface area contributed by atoms with Crippen molar-refractivity contribution in [2.24, 2.45) is 7.05 Å². The van der Waals surface area contributed by atoms with Crippen LogP contribution in [0.15, 0.2) is 0 Å². The van der Waals surface area contributed by atoms with Gasteiger partial charge < -0.3 is 5.32 Å². The molecule has 0 aliphatic heterocycles. The molecule has 0 aliphatic rings. The van der Waals surface area contributed by atoms with Gasteiger partial charge in [0.1, 0.15) is 0 Å². The molecule has 0 spiro atoms. The van der Waals surface area contributed by atoms with Gasteiger partial charge in [0.05, 0.1) is 12.4 Å². The number of hydrogen-bond acceptors (Lipinski definition) is 2. The lowest BCUT2D eigenvalue weighted by Crippen LogP contribution is -2.16. The van der Waals surface area contributed by atoms with Gasteiger partial charge in [0, 0.05) is 24.8 Å². The minimum absolute atomic E-state index is 0.252. The molecule has 0 aromatic carbocycles. The molecule has 3 nitrogen and oxygen atoms in total. The Morgan fingerprint density at radius 3 is 2.64 bits per heavy atom. The quantitative estimate of drug-likeness (QED) is 0.728. The maximum Gasteiger partial charge on any atom is 0.0906 e. The van der Waals surface area contributed by atoms with Gasteiger partial charge in [-0.25, -0.2) is 0 Å². The molecule has 0 saturated carbocycles. The van der Waals surface area contributed by atoms with Gasteiger partial charge in [0.2, 0.25) is 0 Å². The number of rotatable bonds is 5. The molecular weight excluding hydrogens is 181 g/mol. The van der Waals surface area contributed by atoms with Gasteiger partial charge in [-0.3, -0.25) is 9.07 Å². The third kappa shape index (κ3) is 2.54. The van der Waals surface area contributed by atoms with Crippen LogP contribution in [0.1, 0.15) is 23.4 Å². The number of nitrogens with zero attached hydrogens (tertiary/aromatic N) is 2. The van der Waals surface area contributed by atoms with Crippen LogP contribution in [0.25, 0.3) is 0 Å². The minimum atomic E-state index is -0.252. The van der Waals surface area contributed by atoms with E-state index in [9.17, 15) is 4.39 Å². The first kappa shape index (κ1) is 11.2. The second kappa shape index (κ2) is 5.10. The molecular formula is C10H18FN3. The highest BCUT2D eigenvalue weighted by atomic mass is 19.1. The average molecular weight is 199 g/mol. The van der Waals surface area contributed by atoms with Gasteiger partial charge in [-0.1, -0.05) is 0 Å². The van der Waals surface area contributed by atoms with Crippen molar-refractivity contribution in [2.45, 2.75) is 26.8 Å². The number of aromatic nitrogens is 2. The fourth-order valence-corrected chi connectivity index (χ4v) is 1.48. The summed E-state index contributed by atoms with van der Waals surface area (Å²) in [5.74, 6) is 0. The molecule has 0 amide bonds. The summed E-state index contributed by atoms with van der Waals surface area (Å²) in [7, 11) is 1.94. The lowest BCUT2D eigenvalue weighted by Gasteiger charge is -2.03. The SMILES string of the molecule is Cc1nn(C)c(C)c1CNCCCF. The minimum Gasteiger partial charge on any atom is -0.312 e. The first-order chi connectivity index (χ1) is 6.66. The van der Waals surface area contributed by atoms with Gasteiger partial charge in [-0.15, -0.1) is 0 Å². The summed E-state index contributed by atoms with van der Waals surface area (Å²) in [6.07, 6.45) is 0.582. The zero-order valence-electron chi connectivity index (χ0n) is 9.10. The molecule has 1 aromatic rings. The van der Waals surface area contributed by atoms with E-state index in [1.807, 2.05) is 25.6 Å². The Hall–Kier alpha value is -0.900. The zero-order valence-corrected chi connectivity index (χ0v) is 9.10. The van der Waals surface area contributed by atoms with Gasteiger partial charge in [-0.2, -0.15) is 5.10 Å². The second-order valence-corrected chi connectivity index (χ2v) is 3.49. The molecule has 80 valence electrons. The summed E-state index contributed by atoms with van der Waals surface area (Å²) in [5, 5.41) is 7.52. The Morgan fingerprint density at radius 1 is 1.43 bits per heavy atom. The van der Waals surface area contributed by atoms with Crippen LogP contribution >= 0.6 is 0 Å². The fraction of sp³-hybridized carbons (Fsp3) is 0.700. The van der Waals surface area contributed by atoms with Crippen molar-refractivity contribution in [1.82, 2.24) is 15.1 Å². The fourth-order valence-electron chi connectivity index (χ4n) is 1.48. The Bertz CT molecular complexity index is 294. The van der Waals surface area contributed by atoms with E-state index in [0.29, 0.717) is 6.42 Å². The second-order valence-electron chi connectivity index (χ2n) is 3.49. The first-order valence-corrected chi connectivity index (χ1v) is 4.92. The largest absolute Gasteiger partial charge is 0.312 e. The van der Waals surface area contributed by atoms with Crippen molar-refractivity contribution in [3.05, 3.63) is 17.0 Å². The predicted octanol–water partition coefficient (Wildman–Crippen LogP) is 1.49. The molecule has 0 bridgehead atoms. The van der Waals surface area contributed by atoms with Crippen LogP contribution in [-0.2, 0) is 13.6 Å². The number of hydrogen-bond donors (Lipinski definition) is 1. The van der Waals surface area contributed by atoms with Crippen molar-refractivity contribution in [3.8, 4) is 0 Å². The van der Waals surface area contributed by atoms with E-state index in [1.54, 1.807) is 0 Å². The predicted molar refractivity (Wildman–Crippen MR) is 55.0 cm³/mol. The van der Waals surface area contributed by atoms with Gasteiger partial charge in [0.25, 0.3) is 0 Å². The Balaban J connectivity index is 2.49. The number of alkyl halides is 1. The van der Waals surface area contributed by atoms with Crippen LogP contribution in [0, 0.1) is 13.8 Å². The molecule has 0 radical (unpaired) electrons. The molecule has 0 saturated heterocycles. The van der Waals surface area contributed by atoms with Crippen LogP contribution < -0.4 is 5.32 Å². The van der Waals surface area contributed by atoms with E-state index in [0.717, 1.165) is 18.8 Å². The number of nitrogens with one attached hydrogen (secondary N) is 1. The van der Waals surface area contributed by atoms with Gasteiger partial charge >= 0.3 is 0 Å². The van der Waals surface area contributed by atoms with Crippen LogP contribution in [-0.4, -0.2) is 23.0 Å². The Kier molecular flexibility index (Phi) is 4.07. The Labute approximate surface area is 84.3 Å². The van der Waals surface area contributed by atoms with E-state index in [1.165, 1.54) is 11.3 Å². The topological polar surface area (TPSA) is 29.9 Å².